The summed E-state index contributed by atoms with van der Waals surface area (Å²) < 4.78 is 0. The molecule has 0 aliphatic carbocycles. The topological polar surface area (TPSA) is 55.1 Å². The molecular formula is C13H16N2O. The van der Waals surface area contributed by atoms with Crippen molar-refractivity contribution in [1.82, 2.24) is 5.32 Å². The number of carbonyl (C=O) groups excluding carboxylic acids is 1. The van der Waals surface area contributed by atoms with E-state index in [0.29, 0.717) is 19.5 Å². The van der Waals surface area contributed by atoms with Crippen molar-refractivity contribution in [2.45, 2.75) is 19.9 Å². The standard InChI is InChI=1S/C13H16N2O/c1-11(16)15-8-3-2-5-12-6-4-7-13(9-12)10-14/h4,6-7,9H,3,8,10,14H2,1H3,(H,15,16). The Morgan fingerprint density at radius 2 is 2.31 bits per heavy atom. The summed E-state index contributed by atoms with van der Waals surface area (Å²) in [7, 11) is 0. The predicted molar refractivity (Wildman–Crippen MR) is 64.5 cm³/mol. The van der Waals surface area contributed by atoms with Gasteiger partial charge in [-0.25, -0.2) is 0 Å². The highest BCUT2D eigenvalue weighted by Gasteiger charge is 1.90. The lowest BCUT2D eigenvalue weighted by molar-refractivity contribution is -0.118. The SMILES string of the molecule is CC(=O)NCCC#Cc1cccc(CN)c1. The molecule has 3 heteroatoms. The normalized spacial score (nSPS) is 9.12. The van der Waals surface area contributed by atoms with E-state index in [1.165, 1.54) is 6.92 Å². The average Bonchev–Trinajstić information content (AvgIpc) is 2.28. The Balaban J connectivity index is 2.46. The molecule has 0 heterocycles. The van der Waals surface area contributed by atoms with Gasteiger partial charge in [-0.1, -0.05) is 24.0 Å². The molecule has 0 bridgehead atoms. The second-order valence-electron chi connectivity index (χ2n) is 3.44. The molecule has 84 valence electrons. The van der Waals surface area contributed by atoms with Gasteiger partial charge in [0.1, 0.15) is 0 Å². The van der Waals surface area contributed by atoms with Crippen LogP contribution >= 0.6 is 0 Å². The van der Waals surface area contributed by atoms with Gasteiger partial charge < -0.3 is 11.1 Å². The van der Waals surface area contributed by atoms with Gasteiger partial charge in [-0.2, -0.15) is 0 Å². The van der Waals surface area contributed by atoms with Crippen molar-refractivity contribution >= 4 is 5.91 Å². The molecule has 3 nitrogen and oxygen atoms in total. The number of nitrogens with one attached hydrogen (secondary N) is 1. The minimum Gasteiger partial charge on any atom is -0.355 e. The first-order valence-corrected chi connectivity index (χ1v) is 5.24. The van der Waals surface area contributed by atoms with E-state index in [1.54, 1.807) is 0 Å². The maximum Gasteiger partial charge on any atom is 0.216 e. The summed E-state index contributed by atoms with van der Waals surface area (Å²) in [6.45, 7) is 2.62. The number of benzene rings is 1. The fourth-order valence-corrected chi connectivity index (χ4v) is 1.24. The van der Waals surface area contributed by atoms with Gasteiger partial charge in [0.2, 0.25) is 5.91 Å². The van der Waals surface area contributed by atoms with Crippen molar-refractivity contribution in [2.24, 2.45) is 5.73 Å². The lowest BCUT2D eigenvalue weighted by atomic mass is 10.1. The van der Waals surface area contributed by atoms with E-state index in [0.717, 1.165) is 11.1 Å². The predicted octanol–water partition coefficient (Wildman–Crippen LogP) is 1.02. The molecular weight excluding hydrogens is 200 g/mol. The van der Waals surface area contributed by atoms with E-state index in [1.807, 2.05) is 24.3 Å². The minimum atomic E-state index is -0.0214. The number of amides is 1. The third-order valence-corrected chi connectivity index (χ3v) is 2.02. The number of rotatable bonds is 3. The van der Waals surface area contributed by atoms with Crippen LogP contribution in [0.1, 0.15) is 24.5 Å². The lowest BCUT2D eigenvalue weighted by Crippen LogP contribution is -2.20. The Morgan fingerprint density at radius 1 is 1.50 bits per heavy atom. The first-order valence-electron chi connectivity index (χ1n) is 5.24. The zero-order valence-corrected chi connectivity index (χ0v) is 9.42. The summed E-state index contributed by atoms with van der Waals surface area (Å²) in [6.07, 6.45) is 0.659. The smallest absolute Gasteiger partial charge is 0.216 e. The van der Waals surface area contributed by atoms with E-state index in [4.69, 9.17) is 5.73 Å². The molecule has 1 rings (SSSR count). The summed E-state index contributed by atoms with van der Waals surface area (Å²) in [5.74, 6) is 6.02. The zero-order valence-electron chi connectivity index (χ0n) is 9.42. The largest absolute Gasteiger partial charge is 0.355 e. The first-order chi connectivity index (χ1) is 7.72. The van der Waals surface area contributed by atoms with E-state index in [-0.39, 0.29) is 5.91 Å². The molecule has 1 aromatic carbocycles. The Labute approximate surface area is 96.0 Å². The quantitative estimate of drug-likeness (QED) is 0.585. The average molecular weight is 216 g/mol. The van der Waals surface area contributed by atoms with E-state index in [9.17, 15) is 4.79 Å². The second kappa shape index (κ2) is 6.65. The van der Waals surface area contributed by atoms with Crippen molar-refractivity contribution in [3.05, 3.63) is 35.4 Å². The van der Waals surface area contributed by atoms with Crippen molar-refractivity contribution in [3.8, 4) is 11.8 Å². The maximum absolute atomic E-state index is 10.6. The Bertz CT molecular complexity index is 415. The van der Waals surface area contributed by atoms with Gasteiger partial charge in [0.15, 0.2) is 0 Å². The number of nitrogens with two attached hydrogens (primary N) is 1. The minimum absolute atomic E-state index is 0.0214. The molecule has 0 aromatic heterocycles. The maximum atomic E-state index is 10.6. The second-order valence-corrected chi connectivity index (χ2v) is 3.44. The van der Waals surface area contributed by atoms with Crippen LogP contribution in [0.4, 0.5) is 0 Å². The molecule has 0 aliphatic heterocycles. The summed E-state index contributed by atoms with van der Waals surface area (Å²) in [5.41, 5.74) is 7.57. The molecule has 3 N–H and O–H groups in total. The first kappa shape index (κ1) is 12.3. The van der Waals surface area contributed by atoms with Crippen LogP contribution in [0.15, 0.2) is 24.3 Å². The van der Waals surface area contributed by atoms with Crippen molar-refractivity contribution in [1.29, 1.82) is 0 Å². The monoisotopic (exact) mass is 216 g/mol. The molecule has 0 aliphatic rings. The van der Waals surface area contributed by atoms with Gasteiger partial charge in [-0.15, -0.1) is 0 Å². The molecule has 1 amide bonds. The van der Waals surface area contributed by atoms with Crippen LogP contribution in [-0.4, -0.2) is 12.5 Å². The Morgan fingerprint density at radius 3 is 3.00 bits per heavy atom. The summed E-state index contributed by atoms with van der Waals surface area (Å²) >= 11 is 0. The van der Waals surface area contributed by atoms with Crippen LogP contribution in [0, 0.1) is 11.8 Å². The van der Waals surface area contributed by atoms with E-state index >= 15 is 0 Å². The number of carbonyl (C=O) groups is 1. The Hall–Kier alpha value is -1.79. The van der Waals surface area contributed by atoms with Crippen molar-refractivity contribution in [3.63, 3.8) is 0 Å². The fourth-order valence-electron chi connectivity index (χ4n) is 1.24. The highest BCUT2D eigenvalue weighted by atomic mass is 16.1. The fraction of sp³-hybridized carbons (Fsp3) is 0.308. The van der Waals surface area contributed by atoms with E-state index < -0.39 is 0 Å². The van der Waals surface area contributed by atoms with Gasteiger partial charge >= 0.3 is 0 Å². The molecule has 0 saturated heterocycles. The molecule has 0 fully saturated rings. The van der Waals surface area contributed by atoms with Gasteiger partial charge in [0.05, 0.1) is 0 Å². The molecule has 0 unspecified atom stereocenters. The number of hydrogen-bond donors (Lipinski definition) is 2. The van der Waals surface area contributed by atoms with Gasteiger partial charge in [-0.05, 0) is 17.7 Å². The van der Waals surface area contributed by atoms with Crippen LogP contribution in [0.2, 0.25) is 0 Å². The van der Waals surface area contributed by atoms with Crippen LogP contribution in [0.25, 0.3) is 0 Å². The molecule has 1 aromatic rings. The third kappa shape index (κ3) is 4.63. The van der Waals surface area contributed by atoms with Gasteiger partial charge in [0.25, 0.3) is 0 Å². The summed E-state index contributed by atoms with van der Waals surface area (Å²) in [5, 5.41) is 2.69. The zero-order chi connectivity index (χ0) is 11.8. The molecule has 0 atom stereocenters. The summed E-state index contributed by atoms with van der Waals surface area (Å²) in [6, 6.07) is 7.85. The van der Waals surface area contributed by atoms with Crippen molar-refractivity contribution in [2.75, 3.05) is 6.54 Å². The Kier molecular flexibility index (Phi) is 5.10. The molecule has 16 heavy (non-hydrogen) atoms. The van der Waals surface area contributed by atoms with E-state index in [2.05, 4.69) is 17.2 Å². The molecule has 0 spiro atoms. The van der Waals surface area contributed by atoms with Crippen LogP contribution < -0.4 is 11.1 Å². The van der Waals surface area contributed by atoms with Gasteiger partial charge in [-0.3, -0.25) is 4.79 Å². The summed E-state index contributed by atoms with van der Waals surface area (Å²) in [4.78, 5) is 10.6. The highest BCUT2D eigenvalue weighted by molar-refractivity contribution is 5.72. The molecule has 0 saturated carbocycles. The molecule has 0 radical (unpaired) electrons. The number of hydrogen-bond acceptors (Lipinski definition) is 2. The van der Waals surface area contributed by atoms with Gasteiger partial charge in [0, 0.05) is 32.0 Å². The van der Waals surface area contributed by atoms with Crippen LogP contribution in [0.5, 0.6) is 0 Å². The third-order valence-electron chi connectivity index (χ3n) is 2.02. The lowest BCUT2D eigenvalue weighted by Gasteiger charge is -1.97. The van der Waals surface area contributed by atoms with Crippen LogP contribution in [-0.2, 0) is 11.3 Å². The van der Waals surface area contributed by atoms with Crippen LogP contribution in [0.3, 0.4) is 0 Å². The highest BCUT2D eigenvalue weighted by Crippen LogP contribution is 2.02. The van der Waals surface area contributed by atoms with Crippen molar-refractivity contribution < 1.29 is 4.79 Å².